The van der Waals surface area contributed by atoms with Crippen LogP contribution in [0.3, 0.4) is 0 Å². The van der Waals surface area contributed by atoms with E-state index in [0.29, 0.717) is 17.9 Å². The third-order valence-electron chi connectivity index (χ3n) is 3.79. The number of halogens is 1. The van der Waals surface area contributed by atoms with Gasteiger partial charge >= 0.3 is 0 Å². The smallest absolute Gasteiger partial charge is 0.245 e. The fourth-order valence-electron chi connectivity index (χ4n) is 2.52. The van der Waals surface area contributed by atoms with Crippen LogP contribution in [0.2, 0.25) is 5.02 Å². The van der Waals surface area contributed by atoms with Crippen molar-refractivity contribution in [2.45, 2.75) is 30.7 Å². The summed E-state index contributed by atoms with van der Waals surface area (Å²) in [7, 11) is -3.78. The molecule has 2 unspecified atom stereocenters. The molecule has 1 heterocycles. The molecule has 1 aromatic carbocycles. The zero-order valence-corrected chi connectivity index (χ0v) is 13.2. The van der Waals surface area contributed by atoms with Crippen LogP contribution in [0.1, 0.15) is 19.8 Å². The molecule has 0 bridgehead atoms. The predicted octanol–water partition coefficient (Wildman–Crippen LogP) is 1.20. The van der Waals surface area contributed by atoms with Gasteiger partial charge in [0.25, 0.3) is 0 Å². The van der Waals surface area contributed by atoms with Crippen LogP contribution >= 0.6 is 11.6 Å². The molecule has 0 spiro atoms. The van der Waals surface area contributed by atoms with Gasteiger partial charge < -0.3 is 11.5 Å². The van der Waals surface area contributed by atoms with Crippen LogP contribution < -0.4 is 11.5 Å². The molecule has 8 heteroatoms. The number of nitrogen functional groups attached to an aromatic ring is 1. The number of piperidine rings is 1. The summed E-state index contributed by atoms with van der Waals surface area (Å²) >= 11 is 5.80. The summed E-state index contributed by atoms with van der Waals surface area (Å²) in [5, 5.41) is 0.369. The molecule has 1 aliphatic heterocycles. The van der Waals surface area contributed by atoms with Crippen molar-refractivity contribution in [3.8, 4) is 0 Å². The van der Waals surface area contributed by atoms with Gasteiger partial charge in [-0.2, -0.15) is 4.31 Å². The van der Waals surface area contributed by atoms with E-state index in [1.54, 1.807) is 6.92 Å². The highest BCUT2D eigenvalue weighted by atomic mass is 35.5. The fourth-order valence-corrected chi connectivity index (χ4v) is 4.51. The zero-order valence-electron chi connectivity index (χ0n) is 11.6. The van der Waals surface area contributed by atoms with Crippen molar-refractivity contribution in [3.05, 3.63) is 23.2 Å². The Bertz CT molecular complexity index is 663. The second-order valence-electron chi connectivity index (χ2n) is 5.28. The molecule has 21 heavy (non-hydrogen) atoms. The maximum Gasteiger partial charge on any atom is 0.245 e. The summed E-state index contributed by atoms with van der Waals surface area (Å²) in [5.74, 6) is -0.948. The normalized spacial score (nSPS) is 23.9. The Balaban J connectivity index is 2.39. The van der Waals surface area contributed by atoms with E-state index in [1.807, 2.05) is 0 Å². The SMILES string of the molecule is CC1CCC(C(N)=O)CN1S(=O)(=O)c1ccc(Cl)cc1N. The number of hydrogen-bond donors (Lipinski definition) is 2. The molecule has 1 aliphatic rings. The summed E-state index contributed by atoms with van der Waals surface area (Å²) in [6.45, 7) is 1.89. The van der Waals surface area contributed by atoms with Crippen LogP contribution in [-0.2, 0) is 14.8 Å². The molecule has 2 atom stereocenters. The maximum atomic E-state index is 12.7. The van der Waals surface area contributed by atoms with Crippen molar-refractivity contribution in [3.63, 3.8) is 0 Å². The van der Waals surface area contributed by atoms with E-state index in [2.05, 4.69) is 0 Å². The molecular formula is C13H18ClN3O3S. The van der Waals surface area contributed by atoms with Crippen LogP contribution in [0.5, 0.6) is 0 Å². The predicted molar refractivity (Wildman–Crippen MR) is 81.1 cm³/mol. The van der Waals surface area contributed by atoms with E-state index in [-0.39, 0.29) is 23.2 Å². The Morgan fingerprint density at radius 2 is 2.05 bits per heavy atom. The van der Waals surface area contributed by atoms with E-state index in [0.717, 1.165) is 0 Å². The van der Waals surface area contributed by atoms with E-state index in [9.17, 15) is 13.2 Å². The molecule has 1 saturated heterocycles. The molecule has 0 aromatic heterocycles. The fraction of sp³-hybridized carbons (Fsp3) is 0.462. The Morgan fingerprint density at radius 3 is 2.62 bits per heavy atom. The van der Waals surface area contributed by atoms with Crippen LogP contribution in [-0.4, -0.2) is 31.2 Å². The first-order valence-electron chi connectivity index (χ1n) is 6.59. The lowest BCUT2D eigenvalue weighted by Gasteiger charge is -2.35. The molecular weight excluding hydrogens is 314 g/mol. The first-order valence-corrected chi connectivity index (χ1v) is 8.41. The zero-order chi connectivity index (χ0) is 15.8. The largest absolute Gasteiger partial charge is 0.398 e. The Kier molecular flexibility index (Phi) is 4.46. The van der Waals surface area contributed by atoms with Crippen molar-refractivity contribution >= 4 is 33.2 Å². The molecule has 6 nitrogen and oxygen atoms in total. The highest BCUT2D eigenvalue weighted by Gasteiger charge is 2.37. The van der Waals surface area contributed by atoms with Gasteiger partial charge in [-0.1, -0.05) is 11.6 Å². The molecule has 0 aliphatic carbocycles. The molecule has 1 fully saturated rings. The van der Waals surface area contributed by atoms with Crippen LogP contribution in [0.15, 0.2) is 23.1 Å². The Hall–Kier alpha value is -1.31. The Morgan fingerprint density at radius 1 is 1.38 bits per heavy atom. The van der Waals surface area contributed by atoms with Gasteiger partial charge in [0, 0.05) is 17.6 Å². The first-order chi connectivity index (χ1) is 9.73. The number of rotatable bonds is 3. The van der Waals surface area contributed by atoms with Crippen molar-refractivity contribution in [2.75, 3.05) is 12.3 Å². The van der Waals surface area contributed by atoms with Crippen molar-refractivity contribution in [2.24, 2.45) is 11.7 Å². The number of primary amides is 1. The lowest BCUT2D eigenvalue weighted by Crippen LogP contribution is -2.48. The number of nitrogens with two attached hydrogens (primary N) is 2. The quantitative estimate of drug-likeness (QED) is 0.811. The summed E-state index contributed by atoms with van der Waals surface area (Å²) in [6, 6.07) is 4.05. The number of sulfonamides is 1. The summed E-state index contributed by atoms with van der Waals surface area (Å²) in [6.07, 6.45) is 1.18. The standard InChI is InChI=1S/C13H18ClN3O3S/c1-8-2-3-9(13(16)18)7-17(8)21(19,20)12-5-4-10(14)6-11(12)15/h4-6,8-9H,2-3,7,15H2,1H3,(H2,16,18). The van der Waals surface area contributed by atoms with Gasteiger partial charge in [0.15, 0.2) is 0 Å². The minimum atomic E-state index is -3.78. The van der Waals surface area contributed by atoms with Gasteiger partial charge in [-0.25, -0.2) is 8.42 Å². The van der Waals surface area contributed by atoms with Crippen molar-refractivity contribution in [1.29, 1.82) is 0 Å². The van der Waals surface area contributed by atoms with E-state index < -0.39 is 21.8 Å². The van der Waals surface area contributed by atoms with Gasteiger partial charge in [-0.15, -0.1) is 0 Å². The highest BCUT2D eigenvalue weighted by molar-refractivity contribution is 7.89. The minimum absolute atomic E-state index is 0.00358. The average molecular weight is 332 g/mol. The lowest BCUT2D eigenvalue weighted by molar-refractivity contribution is -0.123. The topological polar surface area (TPSA) is 106 Å². The highest BCUT2D eigenvalue weighted by Crippen LogP contribution is 2.31. The second-order valence-corrected chi connectivity index (χ2v) is 7.58. The van der Waals surface area contributed by atoms with Crippen LogP contribution in [0.25, 0.3) is 0 Å². The number of carbonyl (C=O) groups excluding carboxylic acids is 1. The molecule has 0 saturated carbocycles. The summed E-state index contributed by atoms with van der Waals surface area (Å²) < 4.78 is 26.8. The van der Waals surface area contributed by atoms with Gasteiger partial charge in [0.1, 0.15) is 4.90 Å². The van der Waals surface area contributed by atoms with E-state index in [4.69, 9.17) is 23.1 Å². The number of anilines is 1. The molecule has 4 N–H and O–H groups in total. The number of hydrogen-bond acceptors (Lipinski definition) is 4. The van der Waals surface area contributed by atoms with E-state index in [1.165, 1.54) is 22.5 Å². The summed E-state index contributed by atoms with van der Waals surface area (Å²) in [4.78, 5) is 11.3. The monoisotopic (exact) mass is 331 g/mol. The van der Waals surface area contributed by atoms with Gasteiger partial charge in [0.05, 0.1) is 11.6 Å². The number of amides is 1. The van der Waals surface area contributed by atoms with Crippen LogP contribution in [0.4, 0.5) is 5.69 Å². The van der Waals surface area contributed by atoms with Crippen molar-refractivity contribution in [1.82, 2.24) is 4.31 Å². The lowest BCUT2D eigenvalue weighted by atomic mass is 9.95. The van der Waals surface area contributed by atoms with E-state index >= 15 is 0 Å². The molecule has 0 radical (unpaired) electrons. The van der Waals surface area contributed by atoms with Gasteiger partial charge in [0.2, 0.25) is 15.9 Å². The van der Waals surface area contributed by atoms with Crippen molar-refractivity contribution < 1.29 is 13.2 Å². The minimum Gasteiger partial charge on any atom is -0.398 e. The second kappa shape index (κ2) is 5.82. The third-order valence-corrected chi connectivity index (χ3v) is 6.07. The maximum absolute atomic E-state index is 12.7. The number of nitrogens with zero attached hydrogens (tertiary/aromatic N) is 1. The molecule has 1 aromatic rings. The Labute approximate surface area is 129 Å². The molecule has 116 valence electrons. The third kappa shape index (κ3) is 3.14. The van der Waals surface area contributed by atoms with Gasteiger partial charge in [-0.3, -0.25) is 4.79 Å². The molecule has 2 rings (SSSR count). The number of benzene rings is 1. The van der Waals surface area contributed by atoms with Gasteiger partial charge in [-0.05, 0) is 38.0 Å². The van der Waals surface area contributed by atoms with Crippen LogP contribution in [0, 0.1) is 5.92 Å². The molecule has 1 amide bonds. The number of carbonyl (C=O) groups is 1. The first kappa shape index (κ1) is 16.1. The average Bonchev–Trinajstić information content (AvgIpc) is 2.38. The summed E-state index contributed by atoms with van der Waals surface area (Å²) in [5.41, 5.74) is 11.2.